The standard InChI is InChI=1S/C17H13N5S.C6H12O/c18-15-2-1-3-16(21-15)22-17-20-13-5-4-12(10-14(13)23-17)11-6-8-19-9-7-11;7-6-4-2-1-3-5-6/h1-10H,(H3,18,20,21,22);6-7H,1-5H2. The van der Waals surface area contributed by atoms with Gasteiger partial charge in [-0.25, -0.2) is 9.97 Å². The maximum Gasteiger partial charge on any atom is 0.189 e. The van der Waals surface area contributed by atoms with Gasteiger partial charge in [0.2, 0.25) is 0 Å². The number of pyridine rings is 2. The molecule has 3 heterocycles. The van der Waals surface area contributed by atoms with Gasteiger partial charge in [-0.1, -0.05) is 42.7 Å². The van der Waals surface area contributed by atoms with Gasteiger partial charge in [0.05, 0.1) is 16.3 Å². The first kappa shape index (κ1) is 20.3. The maximum absolute atomic E-state index is 8.91. The molecule has 30 heavy (non-hydrogen) atoms. The summed E-state index contributed by atoms with van der Waals surface area (Å²) >= 11 is 1.59. The maximum atomic E-state index is 8.91. The minimum Gasteiger partial charge on any atom is -0.393 e. The van der Waals surface area contributed by atoms with E-state index in [1.165, 1.54) is 19.3 Å². The summed E-state index contributed by atoms with van der Waals surface area (Å²) < 4.78 is 1.12. The van der Waals surface area contributed by atoms with E-state index in [1.54, 1.807) is 29.8 Å². The van der Waals surface area contributed by atoms with E-state index in [0.29, 0.717) is 11.6 Å². The third-order valence-electron chi connectivity index (χ3n) is 4.98. The lowest BCUT2D eigenvalue weighted by Gasteiger charge is -2.14. The molecule has 0 amide bonds. The number of nitrogen functional groups attached to an aromatic ring is 1. The van der Waals surface area contributed by atoms with E-state index >= 15 is 0 Å². The molecule has 154 valence electrons. The van der Waals surface area contributed by atoms with E-state index in [4.69, 9.17) is 10.8 Å². The van der Waals surface area contributed by atoms with Crippen LogP contribution in [0.5, 0.6) is 0 Å². The summed E-state index contributed by atoms with van der Waals surface area (Å²) in [6, 6.07) is 15.7. The zero-order valence-corrected chi connectivity index (χ0v) is 17.5. The van der Waals surface area contributed by atoms with Gasteiger partial charge in [-0.2, -0.15) is 0 Å². The number of nitrogens with zero attached hydrogens (tertiary/aromatic N) is 3. The SMILES string of the molecule is Nc1cccc(Nc2nc3ccc(-c4ccncc4)cc3s2)n1.OC1CCCCC1. The number of aromatic nitrogens is 3. The van der Waals surface area contributed by atoms with Crippen molar-refractivity contribution in [1.82, 2.24) is 15.0 Å². The highest BCUT2D eigenvalue weighted by Crippen LogP contribution is 2.31. The number of aliphatic hydroxyl groups is 1. The van der Waals surface area contributed by atoms with E-state index in [9.17, 15) is 0 Å². The topological polar surface area (TPSA) is 97.0 Å². The van der Waals surface area contributed by atoms with Gasteiger partial charge in [-0.05, 0) is 60.4 Å². The number of nitrogens with two attached hydrogens (primary N) is 1. The van der Waals surface area contributed by atoms with Crippen molar-refractivity contribution in [1.29, 1.82) is 0 Å². The molecule has 3 aromatic heterocycles. The highest BCUT2D eigenvalue weighted by atomic mass is 32.1. The zero-order chi connectivity index (χ0) is 20.8. The minimum absolute atomic E-state index is 0.0359. The van der Waals surface area contributed by atoms with Crippen LogP contribution in [0.4, 0.5) is 16.8 Å². The zero-order valence-electron chi connectivity index (χ0n) is 16.7. The highest BCUT2D eigenvalue weighted by Gasteiger charge is 2.08. The number of thiazole rings is 1. The number of rotatable bonds is 3. The van der Waals surface area contributed by atoms with Crippen molar-refractivity contribution < 1.29 is 5.11 Å². The largest absolute Gasteiger partial charge is 0.393 e. The number of benzene rings is 1. The Balaban J connectivity index is 0.000000265. The Morgan fingerprint density at radius 1 is 0.933 bits per heavy atom. The molecule has 1 fully saturated rings. The van der Waals surface area contributed by atoms with E-state index in [0.717, 1.165) is 39.3 Å². The predicted octanol–water partition coefficient (Wildman–Crippen LogP) is 5.39. The molecule has 0 bridgehead atoms. The lowest BCUT2D eigenvalue weighted by Crippen LogP contribution is -2.09. The number of nitrogens with one attached hydrogen (secondary N) is 1. The molecular formula is C23H25N5OS. The Morgan fingerprint density at radius 2 is 1.73 bits per heavy atom. The molecule has 0 atom stereocenters. The third kappa shape index (κ3) is 5.31. The van der Waals surface area contributed by atoms with Crippen LogP contribution in [0.3, 0.4) is 0 Å². The molecule has 1 aromatic carbocycles. The molecule has 0 saturated heterocycles. The summed E-state index contributed by atoms with van der Waals surface area (Å²) in [5.74, 6) is 1.18. The van der Waals surface area contributed by atoms with Crippen LogP contribution >= 0.6 is 11.3 Å². The second-order valence-corrected chi connectivity index (χ2v) is 8.33. The fourth-order valence-electron chi connectivity index (χ4n) is 3.41. The average Bonchev–Trinajstić information content (AvgIpc) is 3.17. The molecule has 6 nitrogen and oxygen atoms in total. The van der Waals surface area contributed by atoms with Crippen LogP contribution in [0.15, 0.2) is 60.9 Å². The molecule has 1 saturated carbocycles. The summed E-state index contributed by atoms with van der Waals surface area (Å²) in [7, 11) is 0. The molecule has 0 spiro atoms. The van der Waals surface area contributed by atoms with Gasteiger partial charge in [-0.3, -0.25) is 4.98 Å². The van der Waals surface area contributed by atoms with Crippen molar-refractivity contribution >= 4 is 38.3 Å². The summed E-state index contributed by atoms with van der Waals surface area (Å²) in [6.45, 7) is 0. The molecule has 4 aromatic rings. The van der Waals surface area contributed by atoms with Gasteiger partial charge in [0, 0.05) is 12.4 Å². The van der Waals surface area contributed by atoms with Crippen molar-refractivity contribution in [2.45, 2.75) is 38.2 Å². The van der Waals surface area contributed by atoms with E-state index in [2.05, 4.69) is 32.4 Å². The molecule has 7 heteroatoms. The smallest absolute Gasteiger partial charge is 0.189 e. The molecule has 1 aliphatic rings. The van der Waals surface area contributed by atoms with Crippen molar-refractivity contribution in [3.63, 3.8) is 0 Å². The predicted molar refractivity (Wildman–Crippen MR) is 124 cm³/mol. The average molecular weight is 420 g/mol. The van der Waals surface area contributed by atoms with Crippen LogP contribution in [0.2, 0.25) is 0 Å². The normalized spacial score (nSPS) is 14.2. The first-order valence-electron chi connectivity index (χ1n) is 10.2. The van der Waals surface area contributed by atoms with Crippen molar-refractivity contribution in [3.8, 4) is 11.1 Å². The summed E-state index contributed by atoms with van der Waals surface area (Å²) in [6.07, 6.45) is 9.52. The summed E-state index contributed by atoms with van der Waals surface area (Å²) in [5, 5.41) is 12.9. The van der Waals surface area contributed by atoms with Gasteiger partial charge in [0.15, 0.2) is 5.13 Å². The van der Waals surface area contributed by atoms with Gasteiger partial charge < -0.3 is 16.2 Å². The molecule has 4 N–H and O–H groups in total. The van der Waals surface area contributed by atoms with E-state index in [1.807, 2.05) is 30.3 Å². The van der Waals surface area contributed by atoms with Crippen LogP contribution in [-0.2, 0) is 0 Å². The molecule has 0 radical (unpaired) electrons. The second-order valence-electron chi connectivity index (χ2n) is 7.30. The second kappa shape index (κ2) is 9.65. The molecule has 0 unspecified atom stereocenters. The number of aliphatic hydroxyl groups excluding tert-OH is 1. The highest BCUT2D eigenvalue weighted by molar-refractivity contribution is 7.22. The van der Waals surface area contributed by atoms with Crippen LogP contribution in [-0.4, -0.2) is 26.2 Å². The van der Waals surface area contributed by atoms with Gasteiger partial charge in [-0.15, -0.1) is 0 Å². The van der Waals surface area contributed by atoms with Gasteiger partial charge in [0.25, 0.3) is 0 Å². The Bertz CT molecular complexity index is 1090. The Labute approximate surface area is 179 Å². The fraction of sp³-hybridized carbons (Fsp3) is 0.261. The van der Waals surface area contributed by atoms with E-state index in [-0.39, 0.29) is 6.10 Å². The quantitative estimate of drug-likeness (QED) is 0.412. The minimum atomic E-state index is 0.0359. The Kier molecular flexibility index (Phi) is 6.51. The molecule has 0 aliphatic heterocycles. The monoisotopic (exact) mass is 419 g/mol. The lowest BCUT2D eigenvalue weighted by atomic mass is 9.98. The van der Waals surface area contributed by atoms with E-state index < -0.39 is 0 Å². The van der Waals surface area contributed by atoms with Crippen molar-refractivity contribution in [3.05, 3.63) is 60.9 Å². The van der Waals surface area contributed by atoms with Gasteiger partial charge in [0.1, 0.15) is 11.6 Å². The summed E-state index contributed by atoms with van der Waals surface area (Å²) in [4.78, 5) is 12.9. The Morgan fingerprint density at radius 3 is 2.43 bits per heavy atom. The fourth-order valence-corrected chi connectivity index (χ4v) is 4.33. The summed E-state index contributed by atoms with van der Waals surface area (Å²) in [5.41, 5.74) is 8.95. The first-order chi connectivity index (χ1) is 14.7. The van der Waals surface area contributed by atoms with Crippen molar-refractivity contribution in [2.24, 2.45) is 0 Å². The van der Waals surface area contributed by atoms with Crippen LogP contribution in [0.25, 0.3) is 21.3 Å². The molecule has 5 rings (SSSR count). The first-order valence-corrected chi connectivity index (χ1v) is 11.0. The third-order valence-corrected chi connectivity index (χ3v) is 5.92. The lowest BCUT2D eigenvalue weighted by molar-refractivity contribution is 0.130. The number of hydrogen-bond donors (Lipinski definition) is 3. The number of anilines is 3. The van der Waals surface area contributed by atoms with Gasteiger partial charge >= 0.3 is 0 Å². The van der Waals surface area contributed by atoms with Crippen molar-refractivity contribution in [2.75, 3.05) is 11.1 Å². The number of hydrogen-bond acceptors (Lipinski definition) is 7. The Hall–Kier alpha value is -3.03. The number of fused-ring (bicyclic) bond motifs is 1. The van der Waals surface area contributed by atoms with Crippen LogP contribution in [0.1, 0.15) is 32.1 Å². The van der Waals surface area contributed by atoms with Crippen LogP contribution < -0.4 is 11.1 Å². The molecular weight excluding hydrogens is 394 g/mol. The van der Waals surface area contributed by atoms with Crippen LogP contribution in [0, 0.1) is 0 Å². The molecule has 1 aliphatic carbocycles.